The van der Waals surface area contributed by atoms with E-state index in [4.69, 9.17) is 0 Å². The van der Waals surface area contributed by atoms with Gasteiger partial charge in [0.25, 0.3) is 0 Å². The van der Waals surface area contributed by atoms with Crippen molar-refractivity contribution in [1.29, 1.82) is 0 Å². The van der Waals surface area contributed by atoms with E-state index in [9.17, 15) is 9.59 Å². The lowest BCUT2D eigenvalue weighted by Gasteiger charge is -2.28. The summed E-state index contributed by atoms with van der Waals surface area (Å²) in [6.45, 7) is 5.94. The molecule has 0 saturated carbocycles. The summed E-state index contributed by atoms with van der Waals surface area (Å²) in [6.07, 6.45) is 5.19. The zero-order valence-electron chi connectivity index (χ0n) is 17.4. The average Bonchev–Trinajstić information content (AvgIpc) is 3.10. The van der Waals surface area contributed by atoms with Crippen LogP contribution in [0.25, 0.3) is 0 Å². The van der Waals surface area contributed by atoms with Gasteiger partial charge in [-0.3, -0.25) is 9.59 Å². The Kier molecular flexibility index (Phi) is 8.79. The highest BCUT2D eigenvalue weighted by Crippen LogP contribution is 2.12. The number of carbonyl (C=O) groups excluding carboxylic acids is 2. The molecular formula is C23H33N3O2. The van der Waals surface area contributed by atoms with Crippen molar-refractivity contribution >= 4 is 11.8 Å². The molecule has 2 amide bonds. The maximum Gasteiger partial charge on any atom is 0.242 e. The van der Waals surface area contributed by atoms with Gasteiger partial charge >= 0.3 is 0 Å². The van der Waals surface area contributed by atoms with Crippen LogP contribution in [0.4, 0.5) is 0 Å². The highest BCUT2D eigenvalue weighted by molar-refractivity contribution is 5.84. The van der Waals surface area contributed by atoms with Gasteiger partial charge in [-0.2, -0.15) is 0 Å². The second kappa shape index (κ2) is 11.3. The van der Waals surface area contributed by atoms with Crippen molar-refractivity contribution in [2.24, 2.45) is 7.05 Å². The molecule has 152 valence electrons. The number of amides is 2. The van der Waals surface area contributed by atoms with Crippen LogP contribution in [0.15, 0.2) is 48.7 Å². The molecule has 0 fully saturated rings. The Hall–Kier alpha value is -2.56. The number of hydrogen-bond donors (Lipinski definition) is 0. The van der Waals surface area contributed by atoms with Gasteiger partial charge in [-0.1, -0.05) is 50.6 Å². The van der Waals surface area contributed by atoms with E-state index in [1.54, 1.807) is 4.90 Å². The molecule has 0 aliphatic heterocycles. The van der Waals surface area contributed by atoms with E-state index in [0.717, 1.165) is 30.5 Å². The Balaban J connectivity index is 2.13. The third-order valence-corrected chi connectivity index (χ3v) is 4.89. The normalized spacial score (nSPS) is 10.7. The molecule has 28 heavy (non-hydrogen) atoms. The van der Waals surface area contributed by atoms with Gasteiger partial charge in [-0.25, -0.2) is 0 Å². The first-order valence-corrected chi connectivity index (χ1v) is 10.2. The van der Waals surface area contributed by atoms with E-state index in [-0.39, 0.29) is 18.4 Å². The zero-order valence-corrected chi connectivity index (χ0v) is 17.4. The predicted octanol–water partition coefficient (Wildman–Crippen LogP) is 3.98. The fourth-order valence-corrected chi connectivity index (χ4v) is 3.20. The van der Waals surface area contributed by atoms with Gasteiger partial charge < -0.3 is 14.4 Å². The lowest BCUT2D eigenvalue weighted by Crippen LogP contribution is -2.43. The van der Waals surface area contributed by atoms with Crippen molar-refractivity contribution in [3.05, 3.63) is 59.9 Å². The van der Waals surface area contributed by atoms with Crippen LogP contribution in [-0.2, 0) is 29.7 Å². The van der Waals surface area contributed by atoms with Crippen molar-refractivity contribution in [2.45, 2.75) is 52.6 Å². The van der Waals surface area contributed by atoms with Gasteiger partial charge in [0, 0.05) is 38.4 Å². The van der Waals surface area contributed by atoms with Gasteiger partial charge in [-0.15, -0.1) is 0 Å². The van der Waals surface area contributed by atoms with Gasteiger partial charge in [0.15, 0.2) is 0 Å². The Morgan fingerprint density at radius 1 is 0.893 bits per heavy atom. The molecule has 2 aromatic rings. The molecule has 0 spiro atoms. The minimum atomic E-state index is -0.0108. The molecular weight excluding hydrogens is 350 g/mol. The lowest BCUT2D eigenvalue weighted by molar-refractivity contribution is -0.141. The summed E-state index contributed by atoms with van der Waals surface area (Å²) >= 11 is 0. The van der Waals surface area contributed by atoms with Crippen LogP contribution >= 0.6 is 0 Å². The molecule has 0 aliphatic rings. The highest BCUT2D eigenvalue weighted by atomic mass is 16.2. The number of aryl methyl sites for hydroxylation is 1. The number of carbonyl (C=O) groups is 2. The topological polar surface area (TPSA) is 45.6 Å². The third-order valence-electron chi connectivity index (χ3n) is 4.89. The summed E-state index contributed by atoms with van der Waals surface area (Å²) in [5.74, 6) is 0.0685. The van der Waals surface area contributed by atoms with Crippen molar-refractivity contribution in [3.63, 3.8) is 0 Å². The number of nitrogens with zero attached hydrogens (tertiary/aromatic N) is 3. The molecule has 1 aromatic carbocycles. The SMILES string of the molecule is CCCCC(=O)N(CCC)CC(=O)N(Cc1ccccc1)Cc1cccn1C. The fourth-order valence-electron chi connectivity index (χ4n) is 3.20. The predicted molar refractivity (Wildman–Crippen MR) is 113 cm³/mol. The minimum Gasteiger partial charge on any atom is -0.353 e. The zero-order chi connectivity index (χ0) is 20.4. The summed E-state index contributed by atoms with van der Waals surface area (Å²) in [4.78, 5) is 29.3. The molecule has 0 aliphatic carbocycles. The van der Waals surface area contributed by atoms with E-state index in [2.05, 4.69) is 6.92 Å². The minimum absolute atomic E-state index is 0.0108. The van der Waals surface area contributed by atoms with Crippen molar-refractivity contribution in [2.75, 3.05) is 13.1 Å². The fraction of sp³-hybridized carbons (Fsp3) is 0.478. The molecule has 1 aromatic heterocycles. The number of hydrogen-bond acceptors (Lipinski definition) is 2. The molecule has 0 unspecified atom stereocenters. The second-order valence-corrected chi connectivity index (χ2v) is 7.26. The molecule has 2 rings (SSSR count). The Labute approximate surface area is 168 Å². The molecule has 0 atom stereocenters. The number of benzene rings is 1. The van der Waals surface area contributed by atoms with E-state index >= 15 is 0 Å². The van der Waals surface area contributed by atoms with Crippen LogP contribution in [0.2, 0.25) is 0 Å². The smallest absolute Gasteiger partial charge is 0.242 e. The maximum atomic E-state index is 13.2. The van der Waals surface area contributed by atoms with E-state index in [1.807, 2.05) is 72.1 Å². The average molecular weight is 384 g/mol. The van der Waals surface area contributed by atoms with E-state index in [0.29, 0.717) is 26.1 Å². The standard InChI is InChI=1S/C23H33N3O2/c1-4-6-14-22(27)25(15-5-2)19-23(28)26(17-20-11-8-7-9-12-20)18-21-13-10-16-24(21)3/h7-13,16H,4-6,14-15,17-19H2,1-3H3. The van der Waals surface area contributed by atoms with Crippen LogP contribution in [0, 0.1) is 0 Å². The van der Waals surface area contributed by atoms with Gasteiger partial charge in [0.2, 0.25) is 11.8 Å². The number of unbranched alkanes of at least 4 members (excludes halogenated alkanes) is 1. The van der Waals surface area contributed by atoms with Crippen LogP contribution in [0.1, 0.15) is 50.8 Å². The first kappa shape index (κ1) is 21.7. The maximum absolute atomic E-state index is 13.2. The Bertz CT molecular complexity index is 739. The summed E-state index contributed by atoms with van der Waals surface area (Å²) in [5.41, 5.74) is 2.16. The summed E-state index contributed by atoms with van der Waals surface area (Å²) in [5, 5.41) is 0. The van der Waals surface area contributed by atoms with E-state index < -0.39 is 0 Å². The van der Waals surface area contributed by atoms with Crippen molar-refractivity contribution in [3.8, 4) is 0 Å². The summed E-state index contributed by atoms with van der Waals surface area (Å²) in [7, 11) is 1.98. The molecule has 0 radical (unpaired) electrons. The van der Waals surface area contributed by atoms with Gasteiger partial charge in [-0.05, 0) is 30.5 Å². The molecule has 1 heterocycles. The van der Waals surface area contributed by atoms with Crippen LogP contribution in [-0.4, -0.2) is 39.3 Å². The van der Waals surface area contributed by atoms with E-state index in [1.165, 1.54) is 0 Å². The quantitative estimate of drug-likeness (QED) is 0.589. The van der Waals surface area contributed by atoms with Crippen molar-refractivity contribution < 1.29 is 9.59 Å². The largest absolute Gasteiger partial charge is 0.353 e. The number of aromatic nitrogens is 1. The monoisotopic (exact) mass is 383 g/mol. The molecule has 0 bridgehead atoms. The van der Waals surface area contributed by atoms with Crippen LogP contribution < -0.4 is 0 Å². The Morgan fingerprint density at radius 3 is 2.25 bits per heavy atom. The van der Waals surface area contributed by atoms with Crippen LogP contribution in [0.3, 0.4) is 0 Å². The van der Waals surface area contributed by atoms with Crippen molar-refractivity contribution in [1.82, 2.24) is 14.4 Å². The molecule has 5 heteroatoms. The number of rotatable bonds is 11. The van der Waals surface area contributed by atoms with Gasteiger partial charge in [0.05, 0.1) is 13.1 Å². The lowest BCUT2D eigenvalue weighted by atomic mass is 10.2. The molecule has 5 nitrogen and oxygen atoms in total. The van der Waals surface area contributed by atoms with Gasteiger partial charge in [0.1, 0.15) is 0 Å². The third kappa shape index (κ3) is 6.55. The second-order valence-electron chi connectivity index (χ2n) is 7.26. The van der Waals surface area contributed by atoms with Crippen LogP contribution in [0.5, 0.6) is 0 Å². The molecule has 0 N–H and O–H groups in total. The first-order chi connectivity index (χ1) is 13.5. The highest BCUT2D eigenvalue weighted by Gasteiger charge is 2.21. The molecule has 0 saturated heterocycles. The first-order valence-electron chi connectivity index (χ1n) is 10.2. The Morgan fingerprint density at radius 2 is 1.64 bits per heavy atom. The summed E-state index contributed by atoms with van der Waals surface area (Å²) in [6, 6.07) is 14.0. The summed E-state index contributed by atoms with van der Waals surface area (Å²) < 4.78 is 2.03.